The first-order chi connectivity index (χ1) is 21.5. The number of aryl methyl sites for hydroxylation is 1. The van der Waals surface area contributed by atoms with Gasteiger partial charge in [0, 0.05) is 6.54 Å². The third-order valence-corrected chi connectivity index (χ3v) is 10.4. The molecule has 3 aromatic rings. The summed E-state index contributed by atoms with van der Waals surface area (Å²) in [6.45, 7) is 9.84. The smallest absolute Gasteiger partial charge is 0.260 e. The number of hydrogen-bond acceptors (Lipinski definition) is 11. The van der Waals surface area contributed by atoms with E-state index in [4.69, 9.17) is 38.2 Å². The predicted molar refractivity (Wildman–Crippen MR) is 162 cm³/mol. The highest BCUT2D eigenvalue weighted by atomic mass is 31.2. The molecule has 1 aromatic carbocycles. The van der Waals surface area contributed by atoms with Gasteiger partial charge in [-0.15, -0.1) is 0 Å². The molecule has 236 valence electrons. The van der Waals surface area contributed by atoms with Crippen LogP contribution in [-0.2, 0) is 28.9 Å². The van der Waals surface area contributed by atoms with E-state index in [2.05, 4.69) is 58.8 Å². The highest BCUT2D eigenvalue weighted by Crippen LogP contribution is 2.64. The fraction of sp³-hybridized carbons (Fsp3) is 0.613. The molecule has 0 amide bonds. The van der Waals surface area contributed by atoms with Crippen molar-refractivity contribution in [3.63, 3.8) is 0 Å². The third kappa shape index (κ3) is 5.95. The molecule has 3 saturated heterocycles. The molecule has 5 heterocycles. The summed E-state index contributed by atoms with van der Waals surface area (Å²) >= 11 is 0. The lowest BCUT2D eigenvalue weighted by Crippen LogP contribution is -2.37. The van der Waals surface area contributed by atoms with Gasteiger partial charge in [-0.25, -0.2) is 14.6 Å². The molecule has 6 rings (SSSR count). The van der Waals surface area contributed by atoms with Crippen LogP contribution in [0, 0.1) is 18.3 Å². The Hall–Kier alpha value is -2.75. The molecule has 44 heavy (non-hydrogen) atoms. The van der Waals surface area contributed by atoms with E-state index >= 15 is 0 Å². The molecule has 3 aliphatic rings. The van der Waals surface area contributed by atoms with Gasteiger partial charge in [0.25, 0.3) is 8.53 Å². The minimum Gasteiger partial charge on any atom is -0.476 e. The van der Waals surface area contributed by atoms with E-state index in [9.17, 15) is 0 Å². The Labute approximate surface area is 259 Å². The second-order valence-corrected chi connectivity index (χ2v) is 12.9. The van der Waals surface area contributed by atoms with Crippen molar-refractivity contribution in [1.29, 1.82) is 5.26 Å². The first kappa shape index (κ1) is 31.2. The van der Waals surface area contributed by atoms with E-state index in [0.29, 0.717) is 35.9 Å². The maximum Gasteiger partial charge on any atom is 0.260 e. The summed E-state index contributed by atoms with van der Waals surface area (Å²) in [4.78, 5) is 13.8. The first-order valence-electron chi connectivity index (χ1n) is 15.5. The van der Waals surface area contributed by atoms with Crippen LogP contribution in [0.3, 0.4) is 0 Å². The number of nitrogens with zero attached hydrogens (tertiary/aromatic N) is 6. The highest BCUT2D eigenvalue weighted by molar-refractivity contribution is 7.45. The van der Waals surface area contributed by atoms with Gasteiger partial charge in [-0.3, -0.25) is 4.57 Å². The highest BCUT2D eigenvalue weighted by Gasteiger charge is 2.57. The van der Waals surface area contributed by atoms with Crippen LogP contribution in [0.25, 0.3) is 11.2 Å². The molecule has 12 nitrogen and oxygen atoms in total. The van der Waals surface area contributed by atoms with E-state index in [1.54, 1.807) is 6.33 Å². The Morgan fingerprint density at radius 2 is 2.00 bits per heavy atom. The van der Waals surface area contributed by atoms with Crippen molar-refractivity contribution >= 4 is 19.7 Å². The molecule has 0 aliphatic carbocycles. The van der Waals surface area contributed by atoms with Crippen LogP contribution in [0.2, 0.25) is 0 Å². The van der Waals surface area contributed by atoms with Gasteiger partial charge >= 0.3 is 0 Å². The molecule has 0 spiro atoms. The van der Waals surface area contributed by atoms with Crippen LogP contribution in [0.5, 0.6) is 5.88 Å². The number of fused-ring (bicyclic) bond motifs is 2. The summed E-state index contributed by atoms with van der Waals surface area (Å²) in [5.41, 5.74) is 1.83. The van der Waals surface area contributed by atoms with E-state index < -0.39 is 32.6 Å². The average molecular weight is 625 g/mol. The van der Waals surface area contributed by atoms with Gasteiger partial charge in [0.1, 0.15) is 30.4 Å². The fourth-order valence-electron chi connectivity index (χ4n) is 6.33. The van der Waals surface area contributed by atoms with Crippen molar-refractivity contribution in [2.24, 2.45) is 0 Å². The van der Waals surface area contributed by atoms with Gasteiger partial charge in [-0.1, -0.05) is 44.2 Å². The largest absolute Gasteiger partial charge is 0.476 e. The molecular formula is C31H41N6O6P. The Bertz CT molecular complexity index is 1450. The van der Waals surface area contributed by atoms with Gasteiger partial charge < -0.3 is 28.0 Å². The molecule has 0 saturated carbocycles. The van der Waals surface area contributed by atoms with Crippen LogP contribution in [0.15, 0.2) is 36.7 Å². The molecular weight excluding hydrogens is 583 g/mol. The van der Waals surface area contributed by atoms with Crippen molar-refractivity contribution in [2.75, 3.05) is 26.6 Å². The zero-order valence-electron chi connectivity index (χ0n) is 25.8. The summed E-state index contributed by atoms with van der Waals surface area (Å²) in [7, 11) is -1.40. The number of hydrogen-bond donors (Lipinski definition) is 0. The lowest BCUT2D eigenvalue weighted by atomic mass is 9.87. The van der Waals surface area contributed by atoms with Crippen molar-refractivity contribution in [2.45, 2.75) is 96.0 Å². The second-order valence-electron chi connectivity index (χ2n) is 11.5. The normalized spacial score (nSPS) is 30.2. The minimum atomic E-state index is -1.40. The maximum atomic E-state index is 8.95. The van der Waals surface area contributed by atoms with E-state index in [1.165, 1.54) is 0 Å². The molecule has 0 N–H and O–H groups in total. The summed E-state index contributed by atoms with van der Waals surface area (Å²) in [5.74, 6) is 1.02. The van der Waals surface area contributed by atoms with Gasteiger partial charge in [0.15, 0.2) is 17.4 Å². The molecule has 3 aliphatic heterocycles. The SMILES string of the molecule is CCCOc1nc(C)nc2c1ncn2[C@@H]1O[C@H](CC)[C@H](O[P@@]2O[C@](C)(c3ccccc3)[C@@H]3CCCN32)C1OCOCCC#N. The average Bonchev–Trinajstić information content (AvgIpc) is 3.81. The molecule has 1 unspecified atom stereocenters. The van der Waals surface area contributed by atoms with Crippen molar-refractivity contribution in [3.05, 3.63) is 48.0 Å². The summed E-state index contributed by atoms with van der Waals surface area (Å²) in [5, 5.41) is 8.95. The van der Waals surface area contributed by atoms with E-state index in [1.807, 2.05) is 24.5 Å². The summed E-state index contributed by atoms with van der Waals surface area (Å²) < 4.78 is 42.7. The number of benzene rings is 1. The van der Waals surface area contributed by atoms with E-state index in [-0.39, 0.29) is 32.0 Å². The van der Waals surface area contributed by atoms with Crippen molar-refractivity contribution in [1.82, 2.24) is 24.2 Å². The Morgan fingerprint density at radius 3 is 2.77 bits per heavy atom. The Kier molecular flexibility index (Phi) is 9.74. The zero-order chi connectivity index (χ0) is 30.7. The Morgan fingerprint density at radius 1 is 1.16 bits per heavy atom. The lowest BCUT2D eigenvalue weighted by Gasteiger charge is -2.29. The lowest BCUT2D eigenvalue weighted by molar-refractivity contribution is -0.135. The standard InChI is InChI=1S/C31H41N6O6P/c1-5-17-39-29-25-28(34-21(3)35-29)36(19-33-25)30-27(40-20-38-18-11-15-32)26(23(6-2)41-30)42-44-37-16-10-14-24(37)31(4,43-44)22-12-8-7-9-13-22/h7-9,12-13,19,23-24,26-27,30H,5-6,10-11,14,16-18,20H2,1-4H3/t23-,24+,26+,27?,30-,31-,44+/m1/s1. The van der Waals surface area contributed by atoms with Crippen LogP contribution in [0.1, 0.15) is 70.5 Å². The van der Waals surface area contributed by atoms with Gasteiger partial charge in [0.05, 0.1) is 44.2 Å². The fourth-order valence-corrected chi connectivity index (χ4v) is 8.48. The molecule has 0 radical (unpaired) electrons. The van der Waals surface area contributed by atoms with Gasteiger partial charge in [-0.2, -0.15) is 10.2 Å². The van der Waals surface area contributed by atoms with Gasteiger partial charge in [-0.05, 0) is 45.1 Å². The van der Waals surface area contributed by atoms with E-state index in [0.717, 1.165) is 31.4 Å². The molecule has 0 bridgehead atoms. The Balaban J connectivity index is 1.31. The molecule has 2 aromatic heterocycles. The van der Waals surface area contributed by atoms with Crippen molar-refractivity contribution < 1.29 is 28.0 Å². The molecule has 3 fully saturated rings. The monoisotopic (exact) mass is 624 g/mol. The maximum absolute atomic E-state index is 8.95. The van der Waals surface area contributed by atoms with Crippen molar-refractivity contribution in [3.8, 4) is 11.9 Å². The summed E-state index contributed by atoms with van der Waals surface area (Å²) in [6, 6.07) is 12.7. The van der Waals surface area contributed by atoms with Crippen LogP contribution in [-0.4, -0.2) is 75.1 Å². The topological polar surface area (TPSA) is 126 Å². The number of nitriles is 1. The number of imidazole rings is 1. The van der Waals surface area contributed by atoms with Crippen LogP contribution in [0.4, 0.5) is 0 Å². The summed E-state index contributed by atoms with van der Waals surface area (Å²) in [6.07, 6.45) is 3.76. The zero-order valence-corrected chi connectivity index (χ0v) is 26.7. The molecule has 7 atom stereocenters. The second kappa shape index (κ2) is 13.7. The van der Waals surface area contributed by atoms with Gasteiger partial charge in [0.2, 0.25) is 5.88 Å². The number of rotatable bonds is 13. The van der Waals surface area contributed by atoms with Crippen LogP contribution < -0.4 is 4.74 Å². The predicted octanol–water partition coefficient (Wildman–Crippen LogP) is 5.53. The third-order valence-electron chi connectivity index (χ3n) is 8.50. The molecule has 13 heteroatoms. The quantitative estimate of drug-likeness (QED) is 0.135. The minimum absolute atomic E-state index is 0.0130. The van der Waals surface area contributed by atoms with Crippen LogP contribution >= 0.6 is 8.53 Å². The number of ether oxygens (including phenoxy) is 4. The number of aromatic nitrogens is 4. The first-order valence-corrected chi connectivity index (χ1v) is 16.6.